The highest BCUT2D eigenvalue weighted by atomic mass is 32.1. The molecule has 4 aromatic carbocycles. The van der Waals surface area contributed by atoms with Crippen molar-refractivity contribution in [1.29, 1.82) is 0 Å². The Balaban J connectivity index is 1.50. The molecule has 1 saturated heterocycles. The molecule has 204 valence electrons. The normalized spacial score (nSPS) is 16.3. The van der Waals surface area contributed by atoms with Gasteiger partial charge in [0, 0.05) is 5.56 Å². The van der Waals surface area contributed by atoms with Crippen LogP contribution in [0.3, 0.4) is 0 Å². The van der Waals surface area contributed by atoms with Crippen LogP contribution >= 0.6 is 11.3 Å². The van der Waals surface area contributed by atoms with E-state index in [1.54, 1.807) is 36.4 Å². The van der Waals surface area contributed by atoms with Gasteiger partial charge in [-0.1, -0.05) is 41.7 Å². The molecule has 1 fully saturated rings. The number of ketones is 1. The first-order chi connectivity index (χ1) is 19.9. The lowest BCUT2D eigenvalue weighted by atomic mass is 9.95. The van der Waals surface area contributed by atoms with Crippen LogP contribution in [0.1, 0.15) is 24.1 Å². The predicted octanol–water partition coefficient (Wildman–Crippen LogP) is 7.25. The zero-order valence-corrected chi connectivity index (χ0v) is 22.6. The summed E-state index contributed by atoms with van der Waals surface area (Å²) in [7, 11) is 0. The number of hydrogen-bond donors (Lipinski definition) is 1. The molecule has 1 amide bonds. The fourth-order valence-electron chi connectivity index (χ4n) is 4.73. The number of fused-ring (bicyclic) bond motifs is 1. The Morgan fingerprint density at radius 3 is 2.44 bits per heavy atom. The highest BCUT2D eigenvalue weighted by molar-refractivity contribution is 7.22. The number of anilines is 1. The highest BCUT2D eigenvalue weighted by Crippen LogP contribution is 2.45. The van der Waals surface area contributed by atoms with Gasteiger partial charge in [0.15, 0.2) is 5.13 Å². The van der Waals surface area contributed by atoms with Gasteiger partial charge < -0.3 is 14.6 Å². The van der Waals surface area contributed by atoms with Gasteiger partial charge >= 0.3 is 5.91 Å². The third-order valence-electron chi connectivity index (χ3n) is 6.58. The van der Waals surface area contributed by atoms with Crippen molar-refractivity contribution >= 4 is 44.1 Å². The van der Waals surface area contributed by atoms with E-state index in [2.05, 4.69) is 4.98 Å². The van der Waals surface area contributed by atoms with Gasteiger partial charge in [0.25, 0.3) is 5.78 Å². The summed E-state index contributed by atoms with van der Waals surface area (Å²) in [5, 5.41) is 11.6. The summed E-state index contributed by atoms with van der Waals surface area (Å²) in [4.78, 5) is 33.1. The molecule has 9 heteroatoms. The van der Waals surface area contributed by atoms with Crippen LogP contribution in [0, 0.1) is 5.82 Å². The van der Waals surface area contributed by atoms with Gasteiger partial charge in [-0.3, -0.25) is 14.5 Å². The smallest absolute Gasteiger partial charge is 0.301 e. The van der Waals surface area contributed by atoms with Crippen LogP contribution in [0.5, 0.6) is 17.2 Å². The molecule has 1 unspecified atom stereocenters. The van der Waals surface area contributed by atoms with Gasteiger partial charge in [-0.25, -0.2) is 9.37 Å². The van der Waals surface area contributed by atoms with Crippen LogP contribution in [-0.2, 0) is 9.59 Å². The number of amides is 1. The maximum absolute atomic E-state index is 13.6. The Hall–Kier alpha value is -5.02. The summed E-state index contributed by atoms with van der Waals surface area (Å²) in [6.45, 7) is 2.38. The summed E-state index contributed by atoms with van der Waals surface area (Å²) in [6.07, 6.45) is 0. The van der Waals surface area contributed by atoms with Gasteiger partial charge in [0.05, 0.1) is 28.4 Å². The SMILES string of the molecule is CCOc1ccc2nc(N3C(=O)C(=O)/C(=C(/O)c4ccc(F)cc4)C3c3cccc(Oc4ccccc4)c3)sc2c1. The standard InChI is InChI=1S/C32H23FN2O5S/c1-2-39-23-15-16-25-26(18-23)41-32(34-25)35-28(20-7-6-10-24(17-20)40-22-8-4-3-5-9-22)27(30(37)31(35)38)29(36)19-11-13-21(33)14-12-19/h3-18,28,36H,2H2,1H3/b29-27+. The van der Waals surface area contributed by atoms with E-state index in [4.69, 9.17) is 9.47 Å². The summed E-state index contributed by atoms with van der Waals surface area (Å²) in [5.74, 6) is -0.864. The number of ether oxygens (including phenoxy) is 2. The van der Waals surface area contributed by atoms with E-state index in [0.717, 1.165) is 4.70 Å². The van der Waals surface area contributed by atoms with Crippen LogP contribution < -0.4 is 14.4 Å². The van der Waals surface area contributed by atoms with E-state index >= 15 is 0 Å². The van der Waals surface area contributed by atoms with Crippen LogP contribution in [0.2, 0.25) is 0 Å². The van der Waals surface area contributed by atoms with E-state index in [0.29, 0.717) is 34.9 Å². The van der Waals surface area contributed by atoms with Gasteiger partial charge in [0.2, 0.25) is 0 Å². The van der Waals surface area contributed by atoms with Crippen LogP contribution in [0.25, 0.3) is 16.0 Å². The number of nitrogens with zero attached hydrogens (tertiary/aromatic N) is 2. The average Bonchev–Trinajstić information content (AvgIpc) is 3.51. The van der Waals surface area contributed by atoms with Gasteiger partial charge in [-0.05, 0) is 79.2 Å². The number of halogens is 1. The summed E-state index contributed by atoms with van der Waals surface area (Å²) < 4.78 is 26.0. The van der Waals surface area contributed by atoms with E-state index in [1.807, 2.05) is 43.3 Å². The Labute approximate surface area is 238 Å². The topological polar surface area (TPSA) is 89.0 Å². The Morgan fingerprint density at radius 1 is 0.927 bits per heavy atom. The minimum absolute atomic E-state index is 0.132. The number of carbonyl (C=O) groups excluding carboxylic acids is 2. The number of para-hydroxylation sites is 1. The maximum atomic E-state index is 13.6. The molecule has 0 saturated carbocycles. The lowest BCUT2D eigenvalue weighted by Crippen LogP contribution is -2.29. The Kier molecular flexibility index (Phi) is 6.94. The molecule has 41 heavy (non-hydrogen) atoms. The number of thiazole rings is 1. The minimum atomic E-state index is -1.02. The van der Waals surface area contributed by atoms with Crippen LogP contribution in [0.15, 0.2) is 103 Å². The Bertz CT molecular complexity index is 1800. The summed E-state index contributed by atoms with van der Waals surface area (Å²) in [6, 6.07) is 25.6. The molecule has 7 nitrogen and oxygen atoms in total. The highest BCUT2D eigenvalue weighted by Gasteiger charge is 2.48. The zero-order valence-electron chi connectivity index (χ0n) is 21.8. The minimum Gasteiger partial charge on any atom is -0.507 e. The third kappa shape index (κ3) is 5.03. The van der Waals surface area contributed by atoms with Crippen molar-refractivity contribution in [1.82, 2.24) is 4.98 Å². The second-order valence-corrected chi connectivity index (χ2v) is 10.2. The quantitative estimate of drug-likeness (QED) is 0.127. The van der Waals surface area contributed by atoms with Crippen molar-refractivity contribution in [3.05, 3.63) is 120 Å². The van der Waals surface area contributed by atoms with Crippen molar-refractivity contribution in [3.63, 3.8) is 0 Å². The molecule has 1 aliphatic heterocycles. The average molecular weight is 567 g/mol. The van der Waals surface area contributed by atoms with Crippen molar-refractivity contribution in [3.8, 4) is 17.2 Å². The predicted molar refractivity (Wildman–Crippen MR) is 155 cm³/mol. The zero-order chi connectivity index (χ0) is 28.5. The molecule has 0 spiro atoms. The largest absolute Gasteiger partial charge is 0.507 e. The van der Waals surface area contributed by atoms with E-state index in [-0.39, 0.29) is 16.3 Å². The summed E-state index contributed by atoms with van der Waals surface area (Å²) >= 11 is 1.23. The number of hydrogen-bond acceptors (Lipinski definition) is 7. The second-order valence-electron chi connectivity index (χ2n) is 9.22. The van der Waals surface area contributed by atoms with Gasteiger partial charge in [0.1, 0.15) is 28.8 Å². The van der Waals surface area contributed by atoms with Crippen LogP contribution in [0.4, 0.5) is 9.52 Å². The maximum Gasteiger partial charge on any atom is 0.301 e. The van der Waals surface area contributed by atoms with E-state index in [9.17, 15) is 19.1 Å². The van der Waals surface area contributed by atoms with E-state index < -0.39 is 29.3 Å². The molecule has 1 aromatic heterocycles. The first-order valence-corrected chi connectivity index (χ1v) is 13.7. The molecule has 1 N–H and O–H groups in total. The number of aliphatic hydroxyl groups is 1. The lowest BCUT2D eigenvalue weighted by Gasteiger charge is -2.23. The molecule has 1 aliphatic rings. The number of aliphatic hydroxyl groups excluding tert-OH is 1. The fraction of sp³-hybridized carbons (Fsp3) is 0.0938. The molecular weight excluding hydrogens is 543 g/mol. The van der Waals surface area contributed by atoms with Crippen molar-refractivity contribution in [2.45, 2.75) is 13.0 Å². The van der Waals surface area contributed by atoms with Crippen molar-refractivity contribution in [2.75, 3.05) is 11.5 Å². The molecule has 1 atom stereocenters. The molecule has 0 radical (unpaired) electrons. The Morgan fingerprint density at radius 2 is 1.68 bits per heavy atom. The van der Waals surface area contributed by atoms with Crippen molar-refractivity contribution < 1.29 is 28.6 Å². The van der Waals surface area contributed by atoms with Gasteiger partial charge in [-0.15, -0.1) is 0 Å². The fourth-order valence-corrected chi connectivity index (χ4v) is 5.75. The number of carbonyl (C=O) groups is 2. The first kappa shape index (κ1) is 26.2. The third-order valence-corrected chi connectivity index (χ3v) is 7.60. The van der Waals surface area contributed by atoms with Crippen LogP contribution in [-0.4, -0.2) is 28.4 Å². The lowest BCUT2D eigenvalue weighted by molar-refractivity contribution is -0.132. The second kappa shape index (κ2) is 10.9. The monoisotopic (exact) mass is 566 g/mol. The summed E-state index contributed by atoms with van der Waals surface area (Å²) in [5.41, 5.74) is 1.23. The van der Waals surface area contributed by atoms with Gasteiger partial charge in [-0.2, -0.15) is 0 Å². The molecule has 0 aliphatic carbocycles. The molecule has 6 rings (SSSR count). The molecule has 5 aromatic rings. The molecule has 0 bridgehead atoms. The molecule has 2 heterocycles. The number of aromatic nitrogens is 1. The molecular formula is C32H23FN2O5S. The van der Waals surface area contributed by atoms with E-state index in [1.165, 1.54) is 40.5 Å². The number of rotatable bonds is 7. The number of Topliss-reactive ketones (excluding diaryl/α,β-unsaturated/α-hetero) is 1. The number of benzene rings is 4. The first-order valence-electron chi connectivity index (χ1n) is 12.9. The van der Waals surface area contributed by atoms with Crippen molar-refractivity contribution in [2.24, 2.45) is 0 Å².